The van der Waals surface area contributed by atoms with Gasteiger partial charge in [-0.2, -0.15) is 5.10 Å². The number of methoxy groups -OCH3 is 1. The topological polar surface area (TPSA) is 140 Å². The number of carbonyl (C=O) groups is 2. The molecule has 0 unspecified atom stereocenters. The van der Waals surface area contributed by atoms with Crippen LogP contribution >= 0.6 is 27.5 Å². The summed E-state index contributed by atoms with van der Waals surface area (Å²) in [4.78, 5) is 24.6. The second kappa shape index (κ2) is 15.5. The third-order valence-corrected chi connectivity index (χ3v) is 7.39. The van der Waals surface area contributed by atoms with Crippen LogP contribution in [0.15, 0.2) is 81.5 Å². The average molecular weight is 688 g/mol. The van der Waals surface area contributed by atoms with Gasteiger partial charge in [0.15, 0.2) is 17.7 Å². The summed E-state index contributed by atoms with van der Waals surface area (Å²) in [6.45, 7) is 3.95. The molecule has 1 heterocycles. The predicted octanol–water partition coefficient (Wildman–Crippen LogP) is 5.20. The van der Waals surface area contributed by atoms with E-state index in [-0.39, 0.29) is 12.2 Å². The van der Waals surface area contributed by atoms with Gasteiger partial charge in [-0.05, 0) is 77.3 Å². The normalized spacial score (nSPS) is 15.3. The van der Waals surface area contributed by atoms with Crippen LogP contribution in [0.5, 0.6) is 17.2 Å². The number of amides is 2. The number of rotatable bonds is 13. The number of aliphatic hydroxyl groups excluding tert-OH is 1. The number of ether oxygens (including phenoxy) is 4. The molecular formula is C31H32BrClN4O7. The fourth-order valence-electron chi connectivity index (χ4n) is 4.31. The number of hydrogen-bond donors (Lipinski definition) is 4. The minimum Gasteiger partial charge on any atom is -0.490 e. The minimum atomic E-state index is -1.14. The maximum absolute atomic E-state index is 12.4. The largest absolute Gasteiger partial charge is 0.490 e. The van der Waals surface area contributed by atoms with Gasteiger partial charge in [-0.15, -0.1) is 0 Å². The van der Waals surface area contributed by atoms with E-state index < -0.39 is 24.3 Å². The molecule has 3 aromatic rings. The van der Waals surface area contributed by atoms with Crippen molar-refractivity contribution in [2.24, 2.45) is 5.10 Å². The van der Waals surface area contributed by atoms with Crippen LogP contribution in [0.3, 0.4) is 0 Å². The second-order valence-corrected chi connectivity index (χ2v) is 10.7. The molecule has 0 saturated heterocycles. The molecule has 2 amide bonds. The summed E-state index contributed by atoms with van der Waals surface area (Å²) in [6, 6.07) is 16.8. The molecule has 2 atom stereocenters. The van der Waals surface area contributed by atoms with Crippen molar-refractivity contribution < 1.29 is 33.6 Å². The number of esters is 1. The molecule has 1 aliphatic rings. The third kappa shape index (κ3) is 8.43. The number of allylic oxidation sites excluding steroid dienone is 1. The molecule has 0 aliphatic carbocycles. The number of carbonyl (C=O) groups excluding carboxylic acids is 2. The standard InChI is InChI=1S/C31H32BrClN4O7/c1-4-42-26-14-20(29-28(30(39)41-3)18(2)35-31(40)36-29)10-12-25(26)44-17-27(38)37-34-15-19-9-11-24(22(32)13-19)43-16-21-7-5-6-8-23(21)33/h5-15,27,29,37-38H,4,16-17H2,1-3H3,(H2,35,36,40)/b34-15-/t27-,29+/m1/s1. The number of benzene rings is 3. The van der Waals surface area contributed by atoms with Crippen LogP contribution < -0.4 is 30.3 Å². The zero-order valence-electron chi connectivity index (χ0n) is 24.2. The van der Waals surface area contributed by atoms with E-state index in [1.54, 1.807) is 37.4 Å². The first-order chi connectivity index (χ1) is 21.2. The quantitative estimate of drug-likeness (QED) is 0.0833. The Morgan fingerprint density at radius 1 is 1.11 bits per heavy atom. The van der Waals surface area contributed by atoms with Crippen LogP contribution in [0.4, 0.5) is 4.79 Å². The Balaban J connectivity index is 1.35. The van der Waals surface area contributed by atoms with Crippen molar-refractivity contribution in [1.29, 1.82) is 0 Å². The molecule has 0 spiro atoms. The van der Waals surface area contributed by atoms with Gasteiger partial charge in [0, 0.05) is 16.3 Å². The van der Waals surface area contributed by atoms with Crippen LogP contribution in [0.2, 0.25) is 5.02 Å². The smallest absolute Gasteiger partial charge is 0.337 e. The number of urea groups is 1. The first-order valence-corrected chi connectivity index (χ1v) is 14.8. The summed E-state index contributed by atoms with van der Waals surface area (Å²) < 4.78 is 23.1. The van der Waals surface area contributed by atoms with E-state index in [4.69, 9.17) is 30.5 Å². The Kier molecular flexibility index (Phi) is 11.5. The lowest BCUT2D eigenvalue weighted by Crippen LogP contribution is -2.45. The Labute approximate surface area is 268 Å². The van der Waals surface area contributed by atoms with Crippen molar-refractivity contribution in [2.45, 2.75) is 32.7 Å². The van der Waals surface area contributed by atoms with Crippen LogP contribution in [0.25, 0.3) is 0 Å². The number of nitrogens with one attached hydrogen (secondary N) is 3. The second-order valence-electron chi connectivity index (χ2n) is 9.48. The fourth-order valence-corrected chi connectivity index (χ4v) is 5.01. The summed E-state index contributed by atoms with van der Waals surface area (Å²) in [5, 5.41) is 20.5. The summed E-state index contributed by atoms with van der Waals surface area (Å²) in [5.74, 6) is 0.808. The molecule has 0 bridgehead atoms. The molecular weight excluding hydrogens is 656 g/mol. The number of halogens is 2. The van der Waals surface area contributed by atoms with Gasteiger partial charge in [-0.1, -0.05) is 35.9 Å². The number of aliphatic hydroxyl groups is 1. The lowest BCUT2D eigenvalue weighted by Gasteiger charge is -2.28. The third-order valence-electron chi connectivity index (χ3n) is 6.41. The van der Waals surface area contributed by atoms with Gasteiger partial charge in [0.05, 0.1) is 36.0 Å². The highest BCUT2D eigenvalue weighted by Crippen LogP contribution is 2.35. The highest BCUT2D eigenvalue weighted by molar-refractivity contribution is 9.10. The monoisotopic (exact) mass is 686 g/mol. The van der Waals surface area contributed by atoms with Crippen LogP contribution in [-0.4, -0.2) is 49.9 Å². The van der Waals surface area contributed by atoms with Crippen LogP contribution in [-0.2, 0) is 16.1 Å². The van der Waals surface area contributed by atoms with Crippen LogP contribution in [0, 0.1) is 0 Å². The molecule has 1 aliphatic heterocycles. The van der Waals surface area contributed by atoms with Gasteiger partial charge in [0.1, 0.15) is 19.0 Å². The van der Waals surface area contributed by atoms with E-state index in [1.807, 2.05) is 43.3 Å². The van der Waals surface area contributed by atoms with Gasteiger partial charge >= 0.3 is 12.0 Å². The van der Waals surface area contributed by atoms with Crippen LogP contribution in [0.1, 0.15) is 36.6 Å². The first-order valence-electron chi connectivity index (χ1n) is 13.6. The Bertz CT molecular complexity index is 1570. The lowest BCUT2D eigenvalue weighted by molar-refractivity contribution is -0.136. The van der Waals surface area contributed by atoms with Gasteiger partial charge < -0.3 is 34.7 Å². The molecule has 11 nitrogen and oxygen atoms in total. The van der Waals surface area contributed by atoms with E-state index >= 15 is 0 Å². The lowest BCUT2D eigenvalue weighted by atomic mass is 9.95. The summed E-state index contributed by atoms with van der Waals surface area (Å²) in [6.07, 6.45) is 0.413. The molecule has 0 aromatic heterocycles. The van der Waals surface area contributed by atoms with Crippen molar-refractivity contribution in [3.8, 4) is 17.2 Å². The zero-order chi connectivity index (χ0) is 31.6. The minimum absolute atomic E-state index is 0.147. The van der Waals surface area contributed by atoms with Gasteiger partial charge in [0.25, 0.3) is 0 Å². The Morgan fingerprint density at radius 3 is 2.61 bits per heavy atom. The van der Waals surface area contributed by atoms with Crippen molar-refractivity contribution in [3.63, 3.8) is 0 Å². The highest BCUT2D eigenvalue weighted by Gasteiger charge is 2.32. The number of hydrogen-bond acceptors (Lipinski definition) is 9. The first kappa shape index (κ1) is 32.6. The summed E-state index contributed by atoms with van der Waals surface area (Å²) in [7, 11) is 1.27. The average Bonchev–Trinajstić information content (AvgIpc) is 3.00. The molecule has 232 valence electrons. The van der Waals surface area contributed by atoms with E-state index in [1.165, 1.54) is 7.11 Å². The maximum Gasteiger partial charge on any atom is 0.337 e. The van der Waals surface area contributed by atoms with Crippen molar-refractivity contribution in [2.75, 3.05) is 20.3 Å². The summed E-state index contributed by atoms with van der Waals surface area (Å²) >= 11 is 9.71. The molecule has 4 N–H and O–H groups in total. The molecule has 3 aromatic carbocycles. The van der Waals surface area contributed by atoms with E-state index in [2.05, 4.69) is 37.1 Å². The molecule has 0 radical (unpaired) electrons. The fraction of sp³-hybridized carbons (Fsp3) is 0.258. The zero-order valence-corrected chi connectivity index (χ0v) is 26.6. The number of hydrazone groups is 1. The molecule has 0 saturated carbocycles. The van der Waals surface area contributed by atoms with Gasteiger partial charge in [-0.25, -0.2) is 9.59 Å². The van der Waals surface area contributed by atoms with E-state index in [0.29, 0.717) is 46.7 Å². The Hall–Kier alpha value is -4.26. The summed E-state index contributed by atoms with van der Waals surface area (Å²) in [5.41, 5.74) is 5.52. The Morgan fingerprint density at radius 2 is 1.89 bits per heavy atom. The van der Waals surface area contributed by atoms with Gasteiger partial charge in [-0.3, -0.25) is 5.43 Å². The van der Waals surface area contributed by atoms with Crippen molar-refractivity contribution in [1.82, 2.24) is 16.1 Å². The SMILES string of the molecule is CCOc1cc([C@@H]2NC(=O)NC(C)=C2C(=O)OC)ccc1OC[C@@H](O)N/N=C\c1ccc(OCc2ccccc2Cl)c(Br)c1. The maximum atomic E-state index is 12.4. The van der Waals surface area contributed by atoms with Crippen molar-refractivity contribution >= 4 is 45.7 Å². The molecule has 44 heavy (non-hydrogen) atoms. The predicted molar refractivity (Wildman–Crippen MR) is 169 cm³/mol. The van der Waals surface area contributed by atoms with E-state index in [9.17, 15) is 14.7 Å². The van der Waals surface area contributed by atoms with Crippen molar-refractivity contribution in [3.05, 3.63) is 98.1 Å². The number of nitrogens with zero attached hydrogens (tertiary/aromatic N) is 1. The molecule has 0 fully saturated rings. The highest BCUT2D eigenvalue weighted by atomic mass is 79.9. The molecule has 13 heteroatoms. The molecule has 4 rings (SSSR count). The van der Waals surface area contributed by atoms with E-state index in [0.717, 1.165) is 15.6 Å². The van der Waals surface area contributed by atoms with Gasteiger partial charge in [0.2, 0.25) is 0 Å².